The van der Waals surface area contributed by atoms with Gasteiger partial charge in [0.15, 0.2) is 5.96 Å². The SMILES string of the molecule is CN=C(NCC(=O)NCCc1ccccc1)NCc1ccc(COCC(F)(F)F)cc1. The molecule has 0 radical (unpaired) electrons. The predicted molar refractivity (Wildman–Crippen MR) is 114 cm³/mol. The first-order valence-corrected chi connectivity index (χ1v) is 9.83. The second kappa shape index (κ2) is 12.6. The molecule has 0 aliphatic rings. The molecular weight excluding hydrogens is 409 g/mol. The number of amides is 1. The maximum atomic E-state index is 12.1. The predicted octanol–water partition coefficient (Wildman–Crippen LogP) is 2.79. The van der Waals surface area contributed by atoms with Gasteiger partial charge < -0.3 is 20.7 Å². The van der Waals surface area contributed by atoms with Gasteiger partial charge in [-0.1, -0.05) is 54.6 Å². The number of nitrogens with zero attached hydrogens (tertiary/aromatic N) is 1. The molecule has 6 nitrogen and oxygen atoms in total. The molecule has 0 saturated heterocycles. The third-order valence-corrected chi connectivity index (χ3v) is 4.24. The van der Waals surface area contributed by atoms with Crippen molar-refractivity contribution in [3.8, 4) is 0 Å². The third-order valence-electron chi connectivity index (χ3n) is 4.24. The Morgan fingerprint density at radius 2 is 1.61 bits per heavy atom. The summed E-state index contributed by atoms with van der Waals surface area (Å²) in [7, 11) is 1.60. The number of halogens is 3. The Morgan fingerprint density at radius 3 is 2.26 bits per heavy atom. The van der Waals surface area contributed by atoms with E-state index in [0.29, 0.717) is 24.6 Å². The Morgan fingerprint density at radius 1 is 0.935 bits per heavy atom. The molecule has 0 aromatic heterocycles. The van der Waals surface area contributed by atoms with Crippen LogP contribution < -0.4 is 16.0 Å². The van der Waals surface area contributed by atoms with E-state index < -0.39 is 12.8 Å². The number of hydrogen-bond acceptors (Lipinski definition) is 3. The summed E-state index contributed by atoms with van der Waals surface area (Å²) in [5.41, 5.74) is 2.73. The standard InChI is InChI=1S/C22H27F3N4O2/c1-26-21(29-14-20(30)27-12-11-17-5-3-2-4-6-17)28-13-18-7-9-19(10-8-18)15-31-16-22(23,24)25/h2-10H,11-16H2,1H3,(H,27,30)(H2,26,28,29). The molecule has 168 valence electrons. The molecular formula is C22H27F3N4O2. The average molecular weight is 436 g/mol. The Balaban J connectivity index is 1.65. The van der Waals surface area contributed by atoms with Gasteiger partial charge in [0.25, 0.3) is 0 Å². The highest BCUT2D eigenvalue weighted by atomic mass is 19.4. The minimum atomic E-state index is -4.33. The molecule has 9 heteroatoms. The molecule has 0 spiro atoms. The summed E-state index contributed by atoms with van der Waals surface area (Å²) in [4.78, 5) is 16.0. The monoisotopic (exact) mass is 436 g/mol. The van der Waals surface area contributed by atoms with Gasteiger partial charge in [-0.2, -0.15) is 13.2 Å². The summed E-state index contributed by atoms with van der Waals surface area (Å²) in [6.07, 6.45) is -3.57. The highest BCUT2D eigenvalue weighted by Gasteiger charge is 2.27. The van der Waals surface area contributed by atoms with E-state index in [2.05, 4.69) is 25.7 Å². The van der Waals surface area contributed by atoms with Gasteiger partial charge in [0.1, 0.15) is 6.61 Å². The first-order valence-electron chi connectivity index (χ1n) is 9.83. The number of benzene rings is 2. The molecule has 0 aliphatic carbocycles. The van der Waals surface area contributed by atoms with E-state index in [4.69, 9.17) is 0 Å². The number of rotatable bonds is 10. The van der Waals surface area contributed by atoms with E-state index in [-0.39, 0.29) is 19.1 Å². The van der Waals surface area contributed by atoms with Crippen molar-refractivity contribution >= 4 is 11.9 Å². The van der Waals surface area contributed by atoms with Gasteiger partial charge in [0.05, 0.1) is 13.2 Å². The molecule has 0 saturated carbocycles. The molecule has 0 atom stereocenters. The van der Waals surface area contributed by atoms with E-state index >= 15 is 0 Å². The summed E-state index contributed by atoms with van der Waals surface area (Å²) in [6, 6.07) is 16.9. The third kappa shape index (κ3) is 10.5. The number of aliphatic imine (C=N–C) groups is 1. The fraction of sp³-hybridized carbons (Fsp3) is 0.364. The molecule has 0 fully saturated rings. The number of alkyl halides is 3. The van der Waals surface area contributed by atoms with Crippen LogP contribution in [0.25, 0.3) is 0 Å². The molecule has 2 rings (SSSR count). The van der Waals surface area contributed by atoms with Gasteiger partial charge in [0.2, 0.25) is 5.91 Å². The van der Waals surface area contributed by atoms with Crippen molar-refractivity contribution in [1.29, 1.82) is 0 Å². The molecule has 0 aliphatic heterocycles. The normalized spacial score (nSPS) is 11.8. The van der Waals surface area contributed by atoms with Crippen LogP contribution in [0, 0.1) is 0 Å². The van der Waals surface area contributed by atoms with Crippen LogP contribution in [0.4, 0.5) is 13.2 Å². The first kappa shape index (κ1) is 24.2. The summed E-state index contributed by atoms with van der Waals surface area (Å²) >= 11 is 0. The highest BCUT2D eigenvalue weighted by Crippen LogP contribution is 2.15. The quantitative estimate of drug-likeness (QED) is 0.396. The van der Waals surface area contributed by atoms with E-state index in [1.165, 1.54) is 0 Å². The zero-order chi connectivity index (χ0) is 22.5. The number of nitrogens with one attached hydrogen (secondary N) is 3. The number of hydrogen-bond donors (Lipinski definition) is 3. The lowest BCUT2D eigenvalue weighted by Gasteiger charge is -2.12. The maximum Gasteiger partial charge on any atom is 0.411 e. The first-order chi connectivity index (χ1) is 14.9. The highest BCUT2D eigenvalue weighted by molar-refractivity contribution is 5.86. The van der Waals surface area contributed by atoms with E-state index in [1.54, 1.807) is 31.3 Å². The van der Waals surface area contributed by atoms with Crippen molar-refractivity contribution in [2.45, 2.75) is 25.7 Å². The van der Waals surface area contributed by atoms with Crippen molar-refractivity contribution in [3.05, 3.63) is 71.3 Å². The van der Waals surface area contributed by atoms with Crippen LogP contribution in [0.2, 0.25) is 0 Å². The van der Waals surface area contributed by atoms with Gasteiger partial charge in [-0.3, -0.25) is 9.79 Å². The van der Waals surface area contributed by atoms with Crippen molar-refractivity contribution < 1.29 is 22.7 Å². The summed E-state index contributed by atoms with van der Waals surface area (Å²) < 4.78 is 40.9. The second-order valence-electron chi connectivity index (χ2n) is 6.79. The van der Waals surface area contributed by atoms with Crippen LogP contribution >= 0.6 is 0 Å². The second-order valence-corrected chi connectivity index (χ2v) is 6.79. The molecule has 31 heavy (non-hydrogen) atoms. The largest absolute Gasteiger partial charge is 0.411 e. The lowest BCUT2D eigenvalue weighted by molar-refractivity contribution is -0.176. The number of guanidine groups is 1. The topological polar surface area (TPSA) is 74.8 Å². The van der Waals surface area contributed by atoms with Crippen molar-refractivity contribution in [2.24, 2.45) is 4.99 Å². The fourth-order valence-electron chi connectivity index (χ4n) is 2.66. The van der Waals surface area contributed by atoms with Gasteiger partial charge in [-0.15, -0.1) is 0 Å². The van der Waals surface area contributed by atoms with E-state index in [9.17, 15) is 18.0 Å². The molecule has 1 amide bonds. The van der Waals surface area contributed by atoms with Crippen molar-refractivity contribution in [2.75, 3.05) is 26.7 Å². The number of carbonyl (C=O) groups excluding carboxylic acids is 1. The number of carbonyl (C=O) groups is 1. The Hall–Kier alpha value is -3.07. The smallest absolute Gasteiger partial charge is 0.367 e. The summed E-state index contributed by atoms with van der Waals surface area (Å²) in [5.74, 6) is 0.331. The molecule has 3 N–H and O–H groups in total. The maximum absolute atomic E-state index is 12.1. The van der Waals surface area contributed by atoms with Crippen LogP contribution in [0.5, 0.6) is 0 Å². The Kier molecular flexibility index (Phi) is 9.83. The molecule has 0 bridgehead atoms. The molecule has 0 unspecified atom stereocenters. The van der Waals surface area contributed by atoms with Crippen molar-refractivity contribution in [1.82, 2.24) is 16.0 Å². The minimum Gasteiger partial charge on any atom is -0.367 e. The van der Waals surface area contributed by atoms with Crippen LogP contribution in [0.1, 0.15) is 16.7 Å². The molecule has 2 aromatic rings. The van der Waals surface area contributed by atoms with E-state index in [0.717, 1.165) is 17.5 Å². The molecule has 0 heterocycles. The summed E-state index contributed by atoms with van der Waals surface area (Å²) in [5, 5.41) is 8.88. The number of ether oxygens (including phenoxy) is 1. The average Bonchev–Trinajstić information content (AvgIpc) is 2.75. The van der Waals surface area contributed by atoms with Crippen LogP contribution in [0.15, 0.2) is 59.6 Å². The zero-order valence-electron chi connectivity index (χ0n) is 17.3. The van der Waals surface area contributed by atoms with Crippen LogP contribution in [0.3, 0.4) is 0 Å². The lowest BCUT2D eigenvalue weighted by atomic mass is 10.1. The summed E-state index contributed by atoms with van der Waals surface area (Å²) in [6.45, 7) is -0.285. The van der Waals surface area contributed by atoms with Gasteiger partial charge in [-0.25, -0.2) is 0 Å². The Bertz CT molecular complexity index is 825. The van der Waals surface area contributed by atoms with Crippen LogP contribution in [-0.4, -0.2) is 44.8 Å². The Labute approximate surface area is 179 Å². The van der Waals surface area contributed by atoms with E-state index in [1.807, 2.05) is 30.3 Å². The minimum absolute atomic E-state index is 0.0872. The van der Waals surface area contributed by atoms with Gasteiger partial charge in [-0.05, 0) is 23.1 Å². The fourth-order valence-corrected chi connectivity index (χ4v) is 2.66. The zero-order valence-corrected chi connectivity index (χ0v) is 17.3. The van der Waals surface area contributed by atoms with Crippen LogP contribution in [-0.2, 0) is 29.1 Å². The van der Waals surface area contributed by atoms with Gasteiger partial charge >= 0.3 is 6.18 Å². The lowest BCUT2D eigenvalue weighted by Crippen LogP contribution is -2.43. The van der Waals surface area contributed by atoms with Gasteiger partial charge in [0, 0.05) is 20.1 Å². The van der Waals surface area contributed by atoms with Crippen molar-refractivity contribution in [3.63, 3.8) is 0 Å². The molecule has 2 aromatic carbocycles.